The van der Waals surface area contributed by atoms with Crippen molar-refractivity contribution in [1.82, 2.24) is 0 Å². The second-order valence-electron chi connectivity index (χ2n) is 3.17. The molecule has 0 aliphatic rings. The van der Waals surface area contributed by atoms with Gasteiger partial charge >= 0.3 is 0 Å². The van der Waals surface area contributed by atoms with Crippen molar-refractivity contribution in [3.63, 3.8) is 0 Å². The van der Waals surface area contributed by atoms with Crippen molar-refractivity contribution in [3.8, 4) is 0 Å². The fraction of sp³-hybridized carbons (Fsp3) is 0.182. The molecule has 14 heavy (non-hydrogen) atoms. The first-order valence-corrected chi connectivity index (χ1v) is 5.64. The third-order valence-electron chi connectivity index (χ3n) is 2.32. The van der Waals surface area contributed by atoms with Crippen molar-refractivity contribution in [2.45, 2.75) is 12.8 Å². The molecular formula is C11H9ClOS. The molecular weight excluding hydrogens is 216 g/mol. The van der Waals surface area contributed by atoms with Gasteiger partial charge in [-0.25, -0.2) is 0 Å². The number of carbonyl (C=O) groups excluding carboxylic acids is 1. The van der Waals surface area contributed by atoms with E-state index < -0.39 is 0 Å². The van der Waals surface area contributed by atoms with E-state index in [-0.39, 0.29) is 0 Å². The molecule has 1 nitrogen and oxygen atoms in total. The van der Waals surface area contributed by atoms with Crippen LogP contribution in [0, 0.1) is 6.92 Å². The Morgan fingerprint density at radius 2 is 2.29 bits per heavy atom. The maximum Gasteiger partial charge on any atom is 0.160 e. The van der Waals surface area contributed by atoms with E-state index in [1.807, 2.05) is 25.1 Å². The smallest absolute Gasteiger partial charge is 0.160 e. The first kappa shape index (κ1) is 9.69. The zero-order valence-corrected chi connectivity index (χ0v) is 9.28. The third kappa shape index (κ3) is 1.45. The van der Waals surface area contributed by atoms with Gasteiger partial charge in [-0.05, 0) is 35.6 Å². The summed E-state index contributed by atoms with van der Waals surface area (Å²) in [6.07, 6.45) is 0.887. The van der Waals surface area contributed by atoms with Crippen LogP contribution in [0.5, 0.6) is 0 Å². The predicted octanol–water partition coefficient (Wildman–Crippen LogP) is 3.76. The summed E-state index contributed by atoms with van der Waals surface area (Å²) in [6, 6.07) is 6.00. The van der Waals surface area contributed by atoms with Crippen LogP contribution in [0.3, 0.4) is 0 Å². The van der Waals surface area contributed by atoms with Gasteiger partial charge in [0.2, 0.25) is 0 Å². The lowest BCUT2D eigenvalue weighted by Gasteiger charge is -2.02. The average Bonchev–Trinajstić information content (AvgIpc) is 2.60. The summed E-state index contributed by atoms with van der Waals surface area (Å²) >= 11 is 7.39. The summed E-state index contributed by atoms with van der Waals surface area (Å²) in [4.78, 5) is 11.4. The first-order valence-electron chi connectivity index (χ1n) is 4.29. The summed E-state index contributed by atoms with van der Waals surface area (Å²) < 4.78 is 1.13. The van der Waals surface area contributed by atoms with E-state index in [4.69, 9.17) is 11.6 Å². The summed E-state index contributed by atoms with van der Waals surface area (Å²) in [5.74, 6) is 0.498. The Hall–Kier alpha value is -0.860. The number of hydrogen-bond acceptors (Lipinski definition) is 2. The Balaban J connectivity index is 2.79. The molecule has 0 amide bonds. The molecule has 0 aliphatic heterocycles. The van der Waals surface area contributed by atoms with E-state index >= 15 is 0 Å². The van der Waals surface area contributed by atoms with Gasteiger partial charge in [-0.15, -0.1) is 22.9 Å². The molecule has 0 unspecified atom stereocenters. The maximum atomic E-state index is 10.6. The van der Waals surface area contributed by atoms with Gasteiger partial charge in [0.1, 0.15) is 0 Å². The molecule has 1 heterocycles. The van der Waals surface area contributed by atoms with Gasteiger partial charge < -0.3 is 0 Å². The van der Waals surface area contributed by atoms with Crippen molar-refractivity contribution < 1.29 is 4.79 Å². The number of carbonyl (C=O) groups is 1. The molecule has 0 atom stereocenters. The number of benzene rings is 1. The lowest BCUT2D eigenvalue weighted by atomic mass is 10.1. The number of hydrogen-bond donors (Lipinski definition) is 0. The van der Waals surface area contributed by atoms with E-state index in [0.29, 0.717) is 5.88 Å². The highest BCUT2D eigenvalue weighted by Crippen LogP contribution is 2.30. The molecule has 1 aromatic heterocycles. The number of fused-ring (bicyclic) bond motifs is 1. The molecule has 1 aromatic carbocycles. The summed E-state index contributed by atoms with van der Waals surface area (Å²) in [7, 11) is 0. The van der Waals surface area contributed by atoms with Crippen LogP contribution in [0.1, 0.15) is 20.8 Å². The van der Waals surface area contributed by atoms with Gasteiger partial charge in [0.05, 0.1) is 4.88 Å². The highest BCUT2D eigenvalue weighted by atomic mass is 35.5. The van der Waals surface area contributed by atoms with Crippen LogP contribution in [0.2, 0.25) is 0 Å². The Bertz CT molecular complexity index is 487. The van der Waals surface area contributed by atoms with E-state index in [1.54, 1.807) is 0 Å². The normalized spacial score (nSPS) is 10.7. The second-order valence-corrected chi connectivity index (χ2v) is 4.56. The lowest BCUT2D eigenvalue weighted by molar-refractivity contribution is 0.112. The molecule has 0 fully saturated rings. The molecule has 0 N–H and O–H groups in total. The van der Waals surface area contributed by atoms with Crippen molar-refractivity contribution in [2.24, 2.45) is 0 Å². The first-order chi connectivity index (χ1) is 6.76. The zero-order chi connectivity index (χ0) is 10.1. The van der Waals surface area contributed by atoms with Crippen LogP contribution in [-0.4, -0.2) is 6.29 Å². The maximum absolute atomic E-state index is 10.6. The predicted molar refractivity (Wildman–Crippen MR) is 61.5 cm³/mol. The van der Waals surface area contributed by atoms with Gasteiger partial charge in [0.25, 0.3) is 0 Å². The number of alkyl halides is 1. The largest absolute Gasteiger partial charge is 0.297 e. The number of thiophene rings is 1. The SMILES string of the molecule is Cc1ccc2sc(C=O)cc2c1CCl. The van der Waals surface area contributed by atoms with E-state index in [0.717, 1.165) is 26.8 Å². The van der Waals surface area contributed by atoms with Gasteiger partial charge in [-0.1, -0.05) is 6.07 Å². The van der Waals surface area contributed by atoms with E-state index in [9.17, 15) is 4.79 Å². The van der Waals surface area contributed by atoms with Gasteiger partial charge in [0.15, 0.2) is 6.29 Å². The van der Waals surface area contributed by atoms with Crippen molar-refractivity contribution >= 4 is 39.3 Å². The van der Waals surface area contributed by atoms with Crippen LogP contribution in [-0.2, 0) is 5.88 Å². The van der Waals surface area contributed by atoms with Gasteiger partial charge in [-0.2, -0.15) is 0 Å². The molecule has 2 aromatic rings. The molecule has 0 bridgehead atoms. The number of aryl methyl sites for hydroxylation is 1. The molecule has 3 heteroatoms. The highest BCUT2D eigenvalue weighted by Gasteiger charge is 2.07. The quantitative estimate of drug-likeness (QED) is 0.561. The topological polar surface area (TPSA) is 17.1 Å². The number of aldehydes is 1. The molecule has 0 radical (unpaired) electrons. The fourth-order valence-electron chi connectivity index (χ4n) is 1.53. The standard InChI is InChI=1S/C11H9ClOS/c1-7-2-3-11-9(10(7)5-12)4-8(6-13)14-11/h2-4,6H,5H2,1H3. The molecule has 72 valence electrons. The molecule has 0 aliphatic carbocycles. The minimum Gasteiger partial charge on any atom is -0.297 e. The monoisotopic (exact) mass is 224 g/mol. The molecule has 2 rings (SSSR count). The minimum absolute atomic E-state index is 0.498. The number of halogens is 1. The third-order valence-corrected chi connectivity index (χ3v) is 3.61. The van der Waals surface area contributed by atoms with Crippen LogP contribution in [0.25, 0.3) is 10.1 Å². The number of rotatable bonds is 2. The molecule has 0 saturated carbocycles. The highest BCUT2D eigenvalue weighted by molar-refractivity contribution is 7.20. The van der Waals surface area contributed by atoms with Crippen LogP contribution >= 0.6 is 22.9 Å². The van der Waals surface area contributed by atoms with Crippen molar-refractivity contribution in [3.05, 3.63) is 34.2 Å². The summed E-state index contributed by atoms with van der Waals surface area (Å²) in [5.41, 5.74) is 2.32. The minimum atomic E-state index is 0.498. The average molecular weight is 225 g/mol. The lowest BCUT2D eigenvalue weighted by Crippen LogP contribution is -1.84. The van der Waals surface area contributed by atoms with Gasteiger partial charge in [-0.3, -0.25) is 4.79 Å². The van der Waals surface area contributed by atoms with Crippen LogP contribution < -0.4 is 0 Å². The van der Waals surface area contributed by atoms with E-state index in [2.05, 4.69) is 0 Å². The van der Waals surface area contributed by atoms with Crippen LogP contribution in [0.4, 0.5) is 0 Å². The van der Waals surface area contributed by atoms with Crippen molar-refractivity contribution in [1.29, 1.82) is 0 Å². The zero-order valence-electron chi connectivity index (χ0n) is 7.71. The fourth-order valence-corrected chi connectivity index (χ4v) is 2.80. The molecule has 0 saturated heterocycles. The van der Waals surface area contributed by atoms with Gasteiger partial charge in [0, 0.05) is 10.6 Å². The van der Waals surface area contributed by atoms with Crippen LogP contribution in [0.15, 0.2) is 18.2 Å². The Labute approximate surface area is 91.3 Å². The second kappa shape index (κ2) is 3.71. The Morgan fingerprint density at radius 3 is 2.93 bits per heavy atom. The Morgan fingerprint density at radius 1 is 1.50 bits per heavy atom. The summed E-state index contributed by atoms with van der Waals surface area (Å²) in [5, 5.41) is 1.12. The van der Waals surface area contributed by atoms with E-state index in [1.165, 1.54) is 16.9 Å². The summed E-state index contributed by atoms with van der Waals surface area (Å²) in [6.45, 7) is 2.04. The molecule has 0 spiro atoms. The Kier molecular flexibility index (Phi) is 2.57. The van der Waals surface area contributed by atoms with Crippen molar-refractivity contribution in [2.75, 3.05) is 0 Å².